The molecule has 0 amide bonds. The fourth-order valence-corrected chi connectivity index (χ4v) is 3.13. The van der Waals surface area contributed by atoms with Gasteiger partial charge in [-0.15, -0.1) is 0 Å². The van der Waals surface area contributed by atoms with Crippen LogP contribution in [0.3, 0.4) is 0 Å². The molecule has 1 saturated carbocycles. The van der Waals surface area contributed by atoms with Crippen molar-refractivity contribution in [3.8, 4) is 5.75 Å². The van der Waals surface area contributed by atoms with Gasteiger partial charge in [-0.1, -0.05) is 30.3 Å². The Kier molecular flexibility index (Phi) is 4.09. The van der Waals surface area contributed by atoms with Gasteiger partial charge >= 0.3 is 0 Å². The van der Waals surface area contributed by atoms with Gasteiger partial charge in [0.25, 0.3) is 0 Å². The van der Waals surface area contributed by atoms with Gasteiger partial charge in [0.15, 0.2) is 11.6 Å². The van der Waals surface area contributed by atoms with Gasteiger partial charge in [0.05, 0.1) is 0 Å². The SMILES string of the molecule is Oc1ccc(NC2CCC(c3ccccc3)CC2)cc1F. The van der Waals surface area contributed by atoms with Crippen LogP contribution in [0.1, 0.15) is 37.2 Å². The Morgan fingerprint density at radius 2 is 1.67 bits per heavy atom. The van der Waals surface area contributed by atoms with E-state index in [0.29, 0.717) is 12.0 Å². The number of benzene rings is 2. The molecule has 3 heteroatoms. The van der Waals surface area contributed by atoms with Crippen molar-refractivity contribution in [2.75, 3.05) is 5.32 Å². The number of halogens is 1. The predicted octanol–water partition coefficient (Wildman–Crippen LogP) is 4.67. The second-order valence-corrected chi connectivity index (χ2v) is 5.77. The highest BCUT2D eigenvalue weighted by Crippen LogP contribution is 2.34. The fraction of sp³-hybridized carbons (Fsp3) is 0.333. The number of phenols is 1. The van der Waals surface area contributed by atoms with Crippen LogP contribution in [0.25, 0.3) is 0 Å². The normalized spacial score (nSPS) is 22.0. The molecule has 0 atom stereocenters. The highest BCUT2D eigenvalue weighted by molar-refractivity contribution is 5.47. The number of anilines is 1. The molecular weight excluding hydrogens is 265 g/mol. The quantitative estimate of drug-likeness (QED) is 0.803. The molecule has 0 unspecified atom stereocenters. The second kappa shape index (κ2) is 6.17. The molecule has 2 aromatic carbocycles. The maximum Gasteiger partial charge on any atom is 0.166 e. The summed E-state index contributed by atoms with van der Waals surface area (Å²) in [6, 6.07) is 15.5. The lowest BCUT2D eigenvalue weighted by Gasteiger charge is -2.30. The van der Waals surface area contributed by atoms with Crippen LogP contribution < -0.4 is 5.32 Å². The molecule has 0 radical (unpaired) electrons. The zero-order chi connectivity index (χ0) is 14.7. The average molecular weight is 285 g/mol. The molecule has 3 rings (SSSR count). The van der Waals surface area contributed by atoms with Crippen LogP contribution in [0.2, 0.25) is 0 Å². The Balaban J connectivity index is 1.57. The van der Waals surface area contributed by atoms with Crippen molar-refractivity contribution in [2.45, 2.75) is 37.6 Å². The topological polar surface area (TPSA) is 32.3 Å². The van der Waals surface area contributed by atoms with Crippen molar-refractivity contribution < 1.29 is 9.50 Å². The van der Waals surface area contributed by atoms with Crippen LogP contribution in [-0.4, -0.2) is 11.1 Å². The number of aromatic hydroxyl groups is 1. The summed E-state index contributed by atoms with van der Waals surface area (Å²) in [6.07, 6.45) is 4.48. The minimum absolute atomic E-state index is 0.298. The summed E-state index contributed by atoms with van der Waals surface area (Å²) in [4.78, 5) is 0. The number of hydrogen-bond donors (Lipinski definition) is 2. The van der Waals surface area contributed by atoms with E-state index in [9.17, 15) is 9.50 Å². The molecule has 0 aromatic heterocycles. The molecule has 1 aliphatic rings. The van der Waals surface area contributed by atoms with E-state index in [1.54, 1.807) is 6.07 Å². The summed E-state index contributed by atoms with van der Waals surface area (Å²) in [7, 11) is 0. The maximum absolute atomic E-state index is 13.3. The van der Waals surface area contributed by atoms with E-state index >= 15 is 0 Å². The van der Waals surface area contributed by atoms with E-state index in [4.69, 9.17) is 0 Å². The number of nitrogens with one attached hydrogen (secondary N) is 1. The van der Waals surface area contributed by atoms with Crippen molar-refractivity contribution in [1.82, 2.24) is 0 Å². The van der Waals surface area contributed by atoms with Gasteiger partial charge in [0.1, 0.15) is 0 Å². The van der Waals surface area contributed by atoms with E-state index in [1.807, 2.05) is 0 Å². The molecule has 2 nitrogen and oxygen atoms in total. The van der Waals surface area contributed by atoms with Crippen LogP contribution >= 0.6 is 0 Å². The highest BCUT2D eigenvalue weighted by atomic mass is 19.1. The van der Waals surface area contributed by atoms with E-state index in [2.05, 4.69) is 35.6 Å². The summed E-state index contributed by atoms with van der Waals surface area (Å²) in [5.41, 5.74) is 2.17. The lowest BCUT2D eigenvalue weighted by molar-refractivity contribution is 0.411. The molecule has 110 valence electrons. The van der Waals surface area contributed by atoms with Crippen LogP contribution in [0, 0.1) is 5.82 Å². The van der Waals surface area contributed by atoms with Crippen molar-refractivity contribution in [3.63, 3.8) is 0 Å². The summed E-state index contributed by atoms with van der Waals surface area (Å²) >= 11 is 0. The Hall–Kier alpha value is -2.03. The monoisotopic (exact) mass is 285 g/mol. The molecule has 0 heterocycles. The van der Waals surface area contributed by atoms with Gasteiger partial charge in [0.2, 0.25) is 0 Å². The van der Waals surface area contributed by atoms with Crippen molar-refractivity contribution in [2.24, 2.45) is 0 Å². The van der Waals surface area contributed by atoms with E-state index < -0.39 is 5.82 Å². The van der Waals surface area contributed by atoms with E-state index in [-0.39, 0.29) is 5.75 Å². The fourth-order valence-electron chi connectivity index (χ4n) is 3.13. The first kappa shape index (κ1) is 13.9. The third kappa shape index (κ3) is 3.35. The van der Waals surface area contributed by atoms with Gasteiger partial charge in [-0.25, -0.2) is 4.39 Å². The van der Waals surface area contributed by atoms with E-state index in [1.165, 1.54) is 17.7 Å². The van der Waals surface area contributed by atoms with Gasteiger partial charge in [-0.3, -0.25) is 0 Å². The third-order valence-electron chi connectivity index (χ3n) is 4.32. The van der Waals surface area contributed by atoms with Crippen molar-refractivity contribution in [1.29, 1.82) is 0 Å². The minimum atomic E-state index is -0.571. The second-order valence-electron chi connectivity index (χ2n) is 5.77. The summed E-state index contributed by atoms with van der Waals surface area (Å²) in [5, 5.41) is 12.6. The summed E-state index contributed by atoms with van der Waals surface area (Å²) in [6.45, 7) is 0. The van der Waals surface area contributed by atoms with Gasteiger partial charge < -0.3 is 10.4 Å². The molecule has 21 heavy (non-hydrogen) atoms. The van der Waals surface area contributed by atoms with Gasteiger partial charge in [0, 0.05) is 17.8 Å². The van der Waals surface area contributed by atoms with Crippen molar-refractivity contribution >= 4 is 5.69 Å². The summed E-state index contributed by atoms with van der Waals surface area (Å²) < 4.78 is 13.3. The van der Waals surface area contributed by atoms with Crippen LogP contribution in [0.5, 0.6) is 5.75 Å². The molecule has 1 fully saturated rings. The summed E-state index contributed by atoms with van der Waals surface area (Å²) in [5.74, 6) is -0.230. The Bertz CT molecular complexity index is 591. The zero-order valence-corrected chi connectivity index (χ0v) is 11.9. The predicted molar refractivity (Wildman–Crippen MR) is 83.1 cm³/mol. The molecule has 0 bridgehead atoms. The van der Waals surface area contributed by atoms with Crippen molar-refractivity contribution in [3.05, 3.63) is 59.9 Å². The molecule has 1 aliphatic carbocycles. The standard InChI is InChI=1S/C18H20FNO/c19-17-12-16(10-11-18(17)21)20-15-8-6-14(7-9-15)13-4-2-1-3-5-13/h1-5,10-12,14-15,20-21H,6-9H2. The van der Waals surface area contributed by atoms with Crippen LogP contribution in [-0.2, 0) is 0 Å². The van der Waals surface area contributed by atoms with Crippen LogP contribution in [0.4, 0.5) is 10.1 Å². The van der Waals surface area contributed by atoms with E-state index in [0.717, 1.165) is 31.4 Å². The largest absolute Gasteiger partial charge is 0.505 e. The average Bonchev–Trinajstić information content (AvgIpc) is 2.53. The Labute approximate surface area is 124 Å². The van der Waals surface area contributed by atoms with Gasteiger partial charge in [-0.2, -0.15) is 0 Å². The number of phenolic OH excluding ortho intramolecular Hbond substituents is 1. The maximum atomic E-state index is 13.3. The number of rotatable bonds is 3. The zero-order valence-electron chi connectivity index (χ0n) is 11.9. The first-order valence-corrected chi connectivity index (χ1v) is 7.52. The smallest absolute Gasteiger partial charge is 0.166 e. The molecular formula is C18H20FNO. The minimum Gasteiger partial charge on any atom is -0.505 e. The lowest BCUT2D eigenvalue weighted by atomic mass is 9.82. The molecule has 2 aromatic rings. The third-order valence-corrected chi connectivity index (χ3v) is 4.32. The first-order chi connectivity index (χ1) is 10.2. The first-order valence-electron chi connectivity index (χ1n) is 7.52. The lowest BCUT2D eigenvalue weighted by Crippen LogP contribution is -2.25. The molecule has 0 aliphatic heterocycles. The van der Waals surface area contributed by atoms with Gasteiger partial charge in [-0.05, 0) is 49.3 Å². The number of hydrogen-bond acceptors (Lipinski definition) is 2. The Morgan fingerprint density at radius 1 is 0.952 bits per heavy atom. The highest BCUT2D eigenvalue weighted by Gasteiger charge is 2.22. The Morgan fingerprint density at radius 3 is 2.33 bits per heavy atom. The molecule has 2 N–H and O–H groups in total. The van der Waals surface area contributed by atoms with Crippen LogP contribution in [0.15, 0.2) is 48.5 Å². The molecule has 0 saturated heterocycles. The molecule has 0 spiro atoms.